The molecule has 5 nitrogen and oxygen atoms in total. The molecule has 0 atom stereocenters. The van der Waals surface area contributed by atoms with Gasteiger partial charge in [0.25, 0.3) is 0 Å². The lowest BCUT2D eigenvalue weighted by Crippen LogP contribution is -2.02. The number of carbonyl (C=O) groups is 1. The monoisotopic (exact) mass is 300 g/mol. The van der Waals surface area contributed by atoms with Gasteiger partial charge in [0.1, 0.15) is 6.61 Å². The van der Waals surface area contributed by atoms with E-state index in [2.05, 4.69) is 5.10 Å². The van der Waals surface area contributed by atoms with Gasteiger partial charge in [-0.3, -0.25) is 4.68 Å². The van der Waals surface area contributed by atoms with E-state index in [1.807, 2.05) is 43.3 Å². The van der Waals surface area contributed by atoms with E-state index in [-0.39, 0.29) is 5.97 Å². The molecule has 0 fully saturated rings. The van der Waals surface area contributed by atoms with E-state index < -0.39 is 0 Å². The molecule has 0 bridgehead atoms. The number of benzene rings is 1. The Bertz CT molecular complexity index is 633. The van der Waals surface area contributed by atoms with Crippen molar-refractivity contribution in [1.29, 1.82) is 0 Å². The Morgan fingerprint density at radius 1 is 1.27 bits per heavy atom. The number of rotatable bonds is 7. The molecule has 0 saturated carbocycles. The summed E-state index contributed by atoms with van der Waals surface area (Å²) in [6, 6.07) is 11.7. The molecule has 0 aliphatic rings. The zero-order valence-electron chi connectivity index (χ0n) is 12.9. The van der Waals surface area contributed by atoms with E-state index in [0.29, 0.717) is 25.6 Å². The number of nitrogens with zero attached hydrogens (tertiary/aromatic N) is 2. The van der Waals surface area contributed by atoms with Crippen molar-refractivity contribution in [2.24, 2.45) is 0 Å². The Morgan fingerprint density at radius 2 is 2.05 bits per heavy atom. The lowest BCUT2D eigenvalue weighted by molar-refractivity contribution is -0.137. The fraction of sp³-hybridized carbons (Fsp3) is 0.294. The molecule has 0 radical (unpaired) electrons. The second kappa shape index (κ2) is 8.02. The quantitative estimate of drug-likeness (QED) is 0.582. The molecule has 0 aliphatic carbocycles. The SMILES string of the molecule is CCOC(=O)C=Cc1cc(OCc2ccccc2)nn1CC. The van der Waals surface area contributed by atoms with E-state index in [1.165, 1.54) is 6.08 Å². The molecule has 0 N–H and O–H groups in total. The van der Waals surface area contributed by atoms with Crippen LogP contribution in [-0.2, 0) is 22.7 Å². The highest BCUT2D eigenvalue weighted by Gasteiger charge is 2.06. The highest BCUT2D eigenvalue weighted by molar-refractivity contribution is 5.86. The van der Waals surface area contributed by atoms with Gasteiger partial charge in [-0.1, -0.05) is 30.3 Å². The number of carbonyl (C=O) groups excluding carboxylic acids is 1. The number of esters is 1. The Kier molecular flexibility index (Phi) is 5.77. The van der Waals surface area contributed by atoms with Gasteiger partial charge in [-0.05, 0) is 25.5 Å². The second-order valence-electron chi connectivity index (χ2n) is 4.58. The summed E-state index contributed by atoms with van der Waals surface area (Å²) in [5.74, 6) is 0.173. The average Bonchev–Trinajstić information content (AvgIpc) is 2.94. The van der Waals surface area contributed by atoms with E-state index >= 15 is 0 Å². The van der Waals surface area contributed by atoms with Crippen LogP contribution in [0.15, 0.2) is 42.5 Å². The molecule has 1 aromatic carbocycles. The molecule has 0 aliphatic heterocycles. The minimum absolute atomic E-state index is 0.363. The second-order valence-corrected chi connectivity index (χ2v) is 4.58. The van der Waals surface area contributed by atoms with Crippen molar-refractivity contribution in [3.63, 3.8) is 0 Å². The number of aryl methyl sites for hydroxylation is 1. The van der Waals surface area contributed by atoms with Crippen LogP contribution in [0.25, 0.3) is 6.08 Å². The summed E-state index contributed by atoms with van der Waals surface area (Å²) in [5, 5.41) is 4.36. The van der Waals surface area contributed by atoms with E-state index in [1.54, 1.807) is 17.7 Å². The van der Waals surface area contributed by atoms with Crippen LogP contribution in [0.1, 0.15) is 25.1 Å². The molecular formula is C17H20N2O3. The highest BCUT2D eigenvalue weighted by Crippen LogP contribution is 2.15. The van der Waals surface area contributed by atoms with Crippen molar-refractivity contribution in [3.05, 3.63) is 53.7 Å². The summed E-state index contributed by atoms with van der Waals surface area (Å²) in [6.45, 7) is 5.27. The standard InChI is InChI=1S/C17H20N2O3/c1-3-19-15(10-11-17(20)21-4-2)12-16(18-19)22-13-14-8-6-5-7-9-14/h5-12H,3-4,13H2,1-2H3. The predicted molar refractivity (Wildman–Crippen MR) is 84.3 cm³/mol. The highest BCUT2D eigenvalue weighted by atomic mass is 16.5. The first-order chi connectivity index (χ1) is 10.7. The van der Waals surface area contributed by atoms with Gasteiger partial charge in [0.2, 0.25) is 5.88 Å². The van der Waals surface area contributed by atoms with E-state index in [9.17, 15) is 4.79 Å². The third-order valence-electron chi connectivity index (χ3n) is 2.99. The largest absolute Gasteiger partial charge is 0.472 e. The molecule has 1 aromatic heterocycles. The molecule has 0 amide bonds. The van der Waals surface area contributed by atoms with Gasteiger partial charge in [-0.25, -0.2) is 4.79 Å². The van der Waals surface area contributed by atoms with E-state index in [4.69, 9.17) is 9.47 Å². The summed E-state index contributed by atoms with van der Waals surface area (Å²) >= 11 is 0. The number of aromatic nitrogens is 2. The van der Waals surface area contributed by atoms with Crippen molar-refractivity contribution in [2.75, 3.05) is 6.61 Å². The fourth-order valence-electron chi connectivity index (χ4n) is 1.94. The Morgan fingerprint density at radius 3 is 2.73 bits per heavy atom. The summed E-state index contributed by atoms with van der Waals surface area (Å²) < 4.78 is 12.3. The van der Waals surface area contributed by atoms with Crippen LogP contribution < -0.4 is 4.74 Å². The van der Waals surface area contributed by atoms with E-state index in [0.717, 1.165) is 11.3 Å². The lowest BCUT2D eigenvalue weighted by atomic mass is 10.2. The minimum Gasteiger partial charge on any atom is -0.472 e. The molecule has 116 valence electrons. The van der Waals surface area contributed by atoms with Crippen LogP contribution >= 0.6 is 0 Å². The first kappa shape index (κ1) is 15.8. The van der Waals surface area contributed by atoms with Crippen molar-refractivity contribution >= 4 is 12.0 Å². The fourth-order valence-corrected chi connectivity index (χ4v) is 1.94. The molecule has 2 rings (SSSR count). The smallest absolute Gasteiger partial charge is 0.330 e. The van der Waals surface area contributed by atoms with Gasteiger partial charge < -0.3 is 9.47 Å². The van der Waals surface area contributed by atoms with Gasteiger partial charge >= 0.3 is 5.97 Å². The van der Waals surface area contributed by atoms with Crippen molar-refractivity contribution in [2.45, 2.75) is 27.0 Å². The van der Waals surface area contributed by atoms with Crippen molar-refractivity contribution < 1.29 is 14.3 Å². The predicted octanol–water partition coefficient (Wildman–Crippen LogP) is 3.06. The zero-order chi connectivity index (χ0) is 15.8. The van der Waals surface area contributed by atoms with Gasteiger partial charge in [-0.15, -0.1) is 5.10 Å². The third kappa shape index (κ3) is 4.48. The first-order valence-electron chi connectivity index (χ1n) is 7.32. The maximum Gasteiger partial charge on any atom is 0.330 e. The normalized spacial score (nSPS) is 10.8. The van der Waals surface area contributed by atoms with Crippen LogP contribution in [0.4, 0.5) is 0 Å². The summed E-state index contributed by atoms with van der Waals surface area (Å²) in [5.41, 5.74) is 1.88. The van der Waals surface area contributed by atoms with Crippen molar-refractivity contribution in [1.82, 2.24) is 9.78 Å². The lowest BCUT2D eigenvalue weighted by Gasteiger charge is -2.02. The van der Waals surface area contributed by atoms with Crippen LogP contribution in [0.5, 0.6) is 5.88 Å². The van der Waals surface area contributed by atoms with Crippen LogP contribution in [0, 0.1) is 0 Å². The molecular weight excluding hydrogens is 280 g/mol. The van der Waals surface area contributed by atoms with Crippen LogP contribution in [0.2, 0.25) is 0 Å². The van der Waals surface area contributed by atoms with Gasteiger partial charge in [0.05, 0.1) is 12.3 Å². The molecule has 0 spiro atoms. The molecule has 0 unspecified atom stereocenters. The maximum atomic E-state index is 11.4. The molecule has 22 heavy (non-hydrogen) atoms. The maximum absolute atomic E-state index is 11.4. The van der Waals surface area contributed by atoms with Gasteiger partial charge in [0.15, 0.2) is 0 Å². The molecule has 0 saturated heterocycles. The Labute approximate surface area is 130 Å². The molecule has 1 heterocycles. The molecule has 2 aromatic rings. The van der Waals surface area contributed by atoms with Gasteiger partial charge in [0, 0.05) is 18.7 Å². The molecule has 5 heteroatoms. The number of hydrogen-bond acceptors (Lipinski definition) is 4. The topological polar surface area (TPSA) is 53.4 Å². The number of ether oxygens (including phenoxy) is 2. The van der Waals surface area contributed by atoms with Gasteiger partial charge in [-0.2, -0.15) is 0 Å². The summed E-state index contributed by atoms with van der Waals surface area (Å²) in [7, 11) is 0. The van der Waals surface area contributed by atoms with Crippen LogP contribution in [-0.4, -0.2) is 22.4 Å². The first-order valence-corrected chi connectivity index (χ1v) is 7.32. The van der Waals surface area contributed by atoms with Crippen molar-refractivity contribution in [3.8, 4) is 5.88 Å². The van der Waals surface area contributed by atoms with Crippen LogP contribution in [0.3, 0.4) is 0 Å². The Balaban J connectivity index is 2.03. The minimum atomic E-state index is -0.363. The summed E-state index contributed by atoms with van der Waals surface area (Å²) in [6.07, 6.45) is 3.08. The summed E-state index contributed by atoms with van der Waals surface area (Å²) in [4.78, 5) is 11.4. The Hall–Kier alpha value is -2.56. The number of hydrogen-bond donors (Lipinski definition) is 0. The average molecular weight is 300 g/mol. The third-order valence-corrected chi connectivity index (χ3v) is 2.99. The zero-order valence-corrected chi connectivity index (χ0v) is 12.9.